The molecule has 1 heterocycles. The second-order valence-electron chi connectivity index (χ2n) is 5.20. The molecule has 0 radical (unpaired) electrons. The topological polar surface area (TPSA) is 55.6 Å². The van der Waals surface area contributed by atoms with Crippen LogP contribution in [0, 0.1) is 6.92 Å². The Balaban J connectivity index is 2.05. The molecule has 1 aliphatic heterocycles. The molecule has 2 rings (SSSR count). The molecule has 0 spiro atoms. The third-order valence-electron chi connectivity index (χ3n) is 3.25. The lowest BCUT2D eigenvalue weighted by Crippen LogP contribution is -2.33. The summed E-state index contributed by atoms with van der Waals surface area (Å²) in [5.41, 5.74) is 7.44. The number of hydrogen-bond acceptors (Lipinski definition) is 3. The van der Waals surface area contributed by atoms with Crippen molar-refractivity contribution in [3.8, 4) is 0 Å². The molecule has 1 aromatic carbocycles. The monoisotopic (exact) mass is 248 g/mol. The second-order valence-corrected chi connectivity index (χ2v) is 5.20. The molecule has 4 heteroatoms. The molecule has 98 valence electrons. The van der Waals surface area contributed by atoms with Crippen molar-refractivity contribution in [3.05, 3.63) is 35.4 Å². The van der Waals surface area contributed by atoms with E-state index in [-0.39, 0.29) is 6.09 Å². The normalized spacial score (nSPS) is 23.3. The molecule has 1 atom stereocenters. The van der Waals surface area contributed by atoms with Crippen LogP contribution in [-0.2, 0) is 11.3 Å². The van der Waals surface area contributed by atoms with E-state index >= 15 is 0 Å². The highest BCUT2D eigenvalue weighted by Gasteiger charge is 2.40. The van der Waals surface area contributed by atoms with E-state index < -0.39 is 5.60 Å². The molecule has 0 bridgehead atoms. The smallest absolute Gasteiger partial charge is 0.410 e. The molecule has 18 heavy (non-hydrogen) atoms. The van der Waals surface area contributed by atoms with Gasteiger partial charge in [-0.3, -0.25) is 4.90 Å². The first kappa shape index (κ1) is 12.9. The number of nitrogens with two attached hydrogens (primary N) is 1. The van der Waals surface area contributed by atoms with Crippen LogP contribution in [0.15, 0.2) is 24.3 Å². The molecule has 4 nitrogen and oxygen atoms in total. The minimum atomic E-state index is -0.435. The van der Waals surface area contributed by atoms with E-state index in [1.54, 1.807) is 4.90 Å². The SMILES string of the molecule is Cc1cccc(CN2CC(C)(CCN)OC2=O)c1. The Morgan fingerprint density at radius 3 is 2.94 bits per heavy atom. The van der Waals surface area contributed by atoms with Crippen molar-refractivity contribution in [1.82, 2.24) is 4.90 Å². The fraction of sp³-hybridized carbons (Fsp3) is 0.500. The van der Waals surface area contributed by atoms with E-state index in [9.17, 15) is 4.79 Å². The molecular weight excluding hydrogens is 228 g/mol. The van der Waals surface area contributed by atoms with E-state index in [2.05, 4.69) is 6.07 Å². The van der Waals surface area contributed by atoms with Crippen LogP contribution >= 0.6 is 0 Å². The highest BCUT2D eigenvalue weighted by molar-refractivity contribution is 5.70. The second kappa shape index (κ2) is 4.98. The molecule has 1 fully saturated rings. The van der Waals surface area contributed by atoms with E-state index in [0.29, 0.717) is 26.1 Å². The van der Waals surface area contributed by atoms with Gasteiger partial charge in [0.15, 0.2) is 0 Å². The van der Waals surface area contributed by atoms with Crippen molar-refractivity contribution in [3.63, 3.8) is 0 Å². The van der Waals surface area contributed by atoms with Gasteiger partial charge < -0.3 is 10.5 Å². The first-order valence-electron chi connectivity index (χ1n) is 6.26. The summed E-state index contributed by atoms with van der Waals surface area (Å²) >= 11 is 0. The van der Waals surface area contributed by atoms with Crippen LogP contribution in [0.5, 0.6) is 0 Å². The molecule has 1 aromatic rings. The van der Waals surface area contributed by atoms with Crippen LogP contribution in [0.1, 0.15) is 24.5 Å². The van der Waals surface area contributed by atoms with Gasteiger partial charge in [0, 0.05) is 13.0 Å². The summed E-state index contributed by atoms with van der Waals surface area (Å²) in [6.45, 7) is 5.72. The molecule has 1 unspecified atom stereocenters. The number of rotatable bonds is 4. The number of carbonyl (C=O) groups excluding carboxylic acids is 1. The van der Waals surface area contributed by atoms with Crippen molar-refractivity contribution in [1.29, 1.82) is 0 Å². The van der Waals surface area contributed by atoms with Gasteiger partial charge >= 0.3 is 6.09 Å². The Bertz CT molecular complexity index is 447. The highest BCUT2D eigenvalue weighted by Crippen LogP contribution is 2.26. The van der Waals surface area contributed by atoms with Crippen LogP contribution in [0.4, 0.5) is 4.79 Å². The number of aryl methyl sites for hydroxylation is 1. The van der Waals surface area contributed by atoms with Gasteiger partial charge in [0.2, 0.25) is 0 Å². The maximum absolute atomic E-state index is 11.8. The zero-order chi connectivity index (χ0) is 13.2. The van der Waals surface area contributed by atoms with Crippen molar-refractivity contribution in [2.45, 2.75) is 32.4 Å². The van der Waals surface area contributed by atoms with Gasteiger partial charge in [0.1, 0.15) is 5.60 Å². The summed E-state index contributed by atoms with van der Waals surface area (Å²) in [6, 6.07) is 8.17. The maximum atomic E-state index is 11.8. The lowest BCUT2D eigenvalue weighted by Gasteiger charge is -2.20. The van der Waals surface area contributed by atoms with Crippen LogP contribution in [0.3, 0.4) is 0 Å². The molecule has 1 aliphatic rings. The number of nitrogens with zero attached hydrogens (tertiary/aromatic N) is 1. The van der Waals surface area contributed by atoms with Gasteiger partial charge in [-0.1, -0.05) is 29.8 Å². The van der Waals surface area contributed by atoms with Crippen molar-refractivity contribution in [2.75, 3.05) is 13.1 Å². The molecule has 0 aromatic heterocycles. The van der Waals surface area contributed by atoms with Gasteiger partial charge in [0.25, 0.3) is 0 Å². The van der Waals surface area contributed by atoms with Crippen LogP contribution < -0.4 is 5.73 Å². The van der Waals surface area contributed by atoms with E-state index in [1.165, 1.54) is 5.56 Å². The van der Waals surface area contributed by atoms with Crippen LogP contribution in [0.2, 0.25) is 0 Å². The minimum Gasteiger partial charge on any atom is -0.441 e. The fourth-order valence-electron chi connectivity index (χ4n) is 2.36. The standard InChI is InChI=1S/C14H20N2O2/c1-11-4-3-5-12(8-11)9-16-10-14(2,6-7-15)18-13(16)17/h3-5,8H,6-7,9-10,15H2,1-2H3. The maximum Gasteiger partial charge on any atom is 0.410 e. The number of benzene rings is 1. The predicted octanol–water partition coefficient (Wildman–Crippen LogP) is 2.05. The summed E-state index contributed by atoms with van der Waals surface area (Å²) in [5, 5.41) is 0. The highest BCUT2D eigenvalue weighted by atomic mass is 16.6. The van der Waals surface area contributed by atoms with Gasteiger partial charge in [-0.05, 0) is 26.0 Å². The minimum absolute atomic E-state index is 0.243. The first-order chi connectivity index (χ1) is 8.52. The van der Waals surface area contributed by atoms with Gasteiger partial charge in [-0.2, -0.15) is 0 Å². The number of ether oxygens (including phenoxy) is 1. The molecule has 2 N–H and O–H groups in total. The van der Waals surface area contributed by atoms with Gasteiger partial charge in [-0.25, -0.2) is 4.79 Å². The van der Waals surface area contributed by atoms with Crippen molar-refractivity contribution in [2.24, 2.45) is 5.73 Å². The third kappa shape index (κ3) is 2.82. The number of hydrogen-bond donors (Lipinski definition) is 1. The molecular formula is C14H20N2O2. The average Bonchev–Trinajstić information content (AvgIpc) is 2.54. The molecule has 1 amide bonds. The summed E-state index contributed by atoms with van der Waals surface area (Å²) in [4.78, 5) is 13.6. The Morgan fingerprint density at radius 1 is 1.50 bits per heavy atom. The Morgan fingerprint density at radius 2 is 2.28 bits per heavy atom. The largest absolute Gasteiger partial charge is 0.441 e. The van der Waals surface area contributed by atoms with Crippen LogP contribution in [0.25, 0.3) is 0 Å². The van der Waals surface area contributed by atoms with E-state index in [4.69, 9.17) is 10.5 Å². The lowest BCUT2D eigenvalue weighted by atomic mass is 10.0. The summed E-state index contributed by atoms with van der Waals surface area (Å²) in [7, 11) is 0. The molecule has 0 saturated carbocycles. The molecule has 0 aliphatic carbocycles. The number of cyclic esters (lactones) is 1. The van der Waals surface area contributed by atoms with Crippen molar-refractivity contribution >= 4 is 6.09 Å². The summed E-state index contributed by atoms with van der Waals surface area (Å²) < 4.78 is 5.41. The zero-order valence-corrected chi connectivity index (χ0v) is 11.0. The Labute approximate surface area is 108 Å². The fourth-order valence-corrected chi connectivity index (χ4v) is 2.36. The van der Waals surface area contributed by atoms with E-state index in [0.717, 1.165) is 5.56 Å². The summed E-state index contributed by atoms with van der Waals surface area (Å²) in [6.07, 6.45) is 0.454. The predicted molar refractivity (Wildman–Crippen MR) is 70.1 cm³/mol. The first-order valence-corrected chi connectivity index (χ1v) is 6.26. The van der Waals surface area contributed by atoms with Gasteiger partial charge in [0.05, 0.1) is 6.54 Å². The quantitative estimate of drug-likeness (QED) is 0.887. The van der Waals surface area contributed by atoms with E-state index in [1.807, 2.05) is 32.0 Å². The lowest BCUT2D eigenvalue weighted by molar-refractivity contribution is 0.0669. The van der Waals surface area contributed by atoms with Crippen molar-refractivity contribution < 1.29 is 9.53 Å². The number of amides is 1. The number of carbonyl (C=O) groups is 1. The van der Waals surface area contributed by atoms with Gasteiger partial charge in [-0.15, -0.1) is 0 Å². The van der Waals surface area contributed by atoms with Crippen LogP contribution in [-0.4, -0.2) is 29.7 Å². The third-order valence-corrected chi connectivity index (χ3v) is 3.25. The zero-order valence-electron chi connectivity index (χ0n) is 11.0. The average molecular weight is 248 g/mol. The molecule has 1 saturated heterocycles. The Kier molecular flexibility index (Phi) is 3.57. The summed E-state index contributed by atoms with van der Waals surface area (Å²) in [5.74, 6) is 0. The Hall–Kier alpha value is -1.55.